The predicted molar refractivity (Wildman–Crippen MR) is 117 cm³/mol. The lowest BCUT2D eigenvalue weighted by atomic mass is 10.2. The van der Waals surface area contributed by atoms with Crippen LogP contribution in [0.1, 0.15) is 5.56 Å². The Bertz CT molecular complexity index is 974. The lowest BCUT2D eigenvalue weighted by molar-refractivity contribution is -0.122. The smallest absolute Gasteiger partial charge is 0.254 e. The van der Waals surface area contributed by atoms with E-state index < -0.39 is 10.0 Å². The van der Waals surface area contributed by atoms with Gasteiger partial charge in [-0.05, 0) is 42.0 Å². The second-order valence-electron chi connectivity index (χ2n) is 6.48. The number of rotatable bonds is 6. The highest BCUT2D eigenvalue weighted by atomic mass is 79.9. The van der Waals surface area contributed by atoms with Crippen molar-refractivity contribution in [3.63, 3.8) is 0 Å². The maximum atomic E-state index is 12.7. The normalized spacial score (nSPS) is 16.2. The molecule has 1 amide bonds. The Hall–Kier alpha value is -1.78. The molecule has 2 aromatic rings. The first-order valence-corrected chi connectivity index (χ1v) is 11.5. The van der Waals surface area contributed by atoms with Crippen molar-refractivity contribution in [2.75, 3.05) is 32.7 Å². The molecule has 0 aliphatic carbocycles. The van der Waals surface area contributed by atoms with Gasteiger partial charge in [-0.15, -0.1) is 0 Å². The Balaban J connectivity index is 1.47. The van der Waals surface area contributed by atoms with E-state index in [0.29, 0.717) is 31.2 Å². The highest BCUT2D eigenvalue weighted by Gasteiger charge is 2.28. The summed E-state index contributed by atoms with van der Waals surface area (Å²) in [5.41, 5.74) is 3.31. The Kier molecular flexibility index (Phi) is 7.42. The number of nitrogens with zero attached hydrogens (tertiary/aromatic N) is 3. The molecular weight excluding hydrogens is 480 g/mol. The zero-order chi connectivity index (χ0) is 20.9. The van der Waals surface area contributed by atoms with Crippen molar-refractivity contribution in [2.24, 2.45) is 5.10 Å². The zero-order valence-corrected chi connectivity index (χ0v) is 18.6. The van der Waals surface area contributed by atoms with E-state index in [1.165, 1.54) is 10.5 Å². The number of halogens is 2. The van der Waals surface area contributed by atoms with Crippen molar-refractivity contribution in [2.45, 2.75) is 4.90 Å². The summed E-state index contributed by atoms with van der Waals surface area (Å²) < 4.78 is 27.7. The molecule has 0 saturated carbocycles. The van der Waals surface area contributed by atoms with Crippen LogP contribution in [0.25, 0.3) is 0 Å². The van der Waals surface area contributed by atoms with Gasteiger partial charge < -0.3 is 0 Å². The first kappa shape index (κ1) is 21.9. The molecule has 2 aromatic carbocycles. The van der Waals surface area contributed by atoms with Crippen LogP contribution in [0.4, 0.5) is 0 Å². The molecule has 0 bridgehead atoms. The quantitative estimate of drug-likeness (QED) is 0.489. The molecule has 0 aromatic heterocycles. The highest BCUT2D eigenvalue weighted by Crippen LogP contribution is 2.20. The average Bonchev–Trinajstić information content (AvgIpc) is 2.70. The summed E-state index contributed by atoms with van der Waals surface area (Å²) >= 11 is 9.13. The van der Waals surface area contributed by atoms with Crippen LogP contribution in [0.2, 0.25) is 5.02 Å². The van der Waals surface area contributed by atoms with E-state index >= 15 is 0 Å². The summed E-state index contributed by atoms with van der Waals surface area (Å²) in [6, 6.07) is 13.6. The SMILES string of the molecule is O=C(CN1CCN(S(=O)(=O)c2ccc(Br)cc2)CC1)N/N=C/c1ccc(Cl)cc1. The fourth-order valence-electron chi connectivity index (χ4n) is 2.85. The van der Waals surface area contributed by atoms with Gasteiger partial charge >= 0.3 is 0 Å². The monoisotopic (exact) mass is 498 g/mol. The van der Waals surface area contributed by atoms with Crippen LogP contribution in [0.5, 0.6) is 0 Å². The minimum atomic E-state index is -3.53. The topological polar surface area (TPSA) is 82.1 Å². The summed E-state index contributed by atoms with van der Waals surface area (Å²) in [6.45, 7) is 1.78. The van der Waals surface area contributed by atoms with Gasteiger partial charge in [-0.1, -0.05) is 39.7 Å². The van der Waals surface area contributed by atoms with Gasteiger partial charge in [0.25, 0.3) is 5.91 Å². The van der Waals surface area contributed by atoms with Gasteiger partial charge in [0.2, 0.25) is 10.0 Å². The molecule has 1 aliphatic rings. The highest BCUT2D eigenvalue weighted by molar-refractivity contribution is 9.10. The van der Waals surface area contributed by atoms with Crippen molar-refractivity contribution >= 4 is 49.7 Å². The van der Waals surface area contributed by atoms with Crippen molar-refractivity contribution in [3.05, 3.63) is 63.6 Å². The molecule has 29 heavy (non-hydrogen) atoms. The molecule has 0 radical (unpaired) electrons. The van der Waals surface area contributed by atoms with Crippen LogP contribution in [0.3, 0.4) is 0 Å². The number of amides is 1. The number of benzene rings is 2. The van der Waals surface area contributed by atoms with E-state index in [9.17, 15) is 13.2 Å². The van der Waals surface area contributed by atoms with Gasteiger partial charge in [0.05, 0.1) is 17.7 Å². The Morgan fingerprint density at radius 1 is 1.07 bits per heavy atom. The first-order valence-electron chi connectivity index (χ1n) is 8.90. The second kappa shape index (κ2) is 9.82. The predicted octanol–water partition coefficient (Wildman–Crippen LogP) is 2.56. The van der Waals surface area contributed by atoms with Gasteiger partial charge in [-0.3, -0.25) is 9.69 Å². The maximum absolute atomic E-state index is 12.7. The van der Waals surface area contributed by atoms with Crippen LogP contribution in [0, 0.1) is 0 Å². The van der Waals surface area contributed by atoms with Crippen molar-refractivity contribution in [3.8, 4) is 0 Å². The molecule has 3 rings (SSSR count). The Morgan fingerprint density at radius 2 is 1.69 bits per heavy atom. The molecule has 10 heteroatoms. The largest absolute Gasteiger partial charge is 0.292 e. The van der Waals surface area contributed by atoms with Crippen LogP contribution >= 0.6 is 27.5 Å². The molecule has 1 N–H and O–H groups in total. The minimum absolute atomic E-state index is 0.157. The van der Waals surface area contributed by atoms with E-state index in [1.54, 1.807) is 48.5 Å². The summed E-state index contributed by atoms with van der Waals surface area (Å²) in [5, 5.41) is 4.57. The number of piperazine rings is 1. The third kappa shape index (κ3) is 6.10. The molecule has 0 spiro atoms. The number of hydrogen-bond acceptors (Lipinski definition) is 5. The van der Waals surface area contributed by atoms with Crippen molar-refractivity contribution in [1.82, 2.24) is 14.6 Å². The molecular formula is C19H20BrClN4O3S. The molecule has 1 aliphatic heterocycles. The number of hydrogen-bond donors (Lipinski definition) is 1. The van der Waals surface area contributed by atoms with E-state index in [1.807, 2.05) is 4.90 Å². The Morgan fingerprint density at radius 3 is 2.31 bits per heavy atom. The molecule has 1 heterocycles. The molecule has 1 fully saturated rings. The fraction of sp³-hybridized carbons (Fsp3) is 0.263. The molecule has 0 atom stereocenters. The van der Waals surface area contributed by atoms with Crippen LogP contribution in [0.15, 0.2) is 63.0 Å². The lowest BCUT2D eigenvalue weighted by Gasteiger charge is -2.33. The fourth-order valence-corrected chi connectivity index (χ4v) is 4.66. The van der Waals surface area contributed by atoms with E-state index in [4.69, 9.17) is 11.6 Å². The Labute approximate surface area is 183 Å². The maximum Gasteiger partial charge on any atom is 0.254 e. The van der Waals surface area contributed by atoms with Gasteiger partial charge in [-0.25, -0.2) is 13.8 Å². The molecule has 7 nitrogen and oxygen atoms in total. The zero-order valence-electron chi connectivity index (χ0n) is 15.5. The van der Waals surface area contributed by atoms with Gasteiger partial charge in [0.1, 0.15) is 0 Å². The number of sulfonamides is 1. The van der Waals surface area contributed by atoms with Gasteiger partial charge in [0, 0.05) is 35.7 Å². The number of carbonyl (C=O) groups excluding carboxylic acids is 1. The molecule has 1 saturated heterocycles. The minimum Gasteiger partial charge on any atom is -0.292 e. The van der Waals surface area contributed by atoms with Gasteiger partial charge in [-0.2, -0.15) is 9.41 Å². The van der Waals surface area contributed by atoms with E-state index in [2.05, 4.69) is 26.5 Å². The second-order valence-corrected chi connectivity index (χ2v) is 9.77. The average molecular weight is 500 g/mol. The van der Waals surface area contributed by atoms with Crippen LogP contribution < -0.4 is 5.43 Å². The summed E-state index contributed by atoms with van der Waals surface area (Å²) in [6.07, 6.45) is 1.54. The molecule has 154 valence electrons. The summed E-state index contributed by atoms with van der Waals surface area (Å²) in [5.74, 6) is -0.251. The third-order valence-corrected chi connectivity index (χ3v) is 7.12. The summed E-state index contributed by atoms with van der Waals surface area (Å²) in [7, 11) is -3.53. The van der Waals surface area contributed by atoms with Crippen molar-refractivity contribution in [1.29, 1.82) is 0 Å². The number of nitrogens with one attached hydrogen (secondary N) is 1. The van der Waals surface area contributed by atoms with Crippen LogP contribution in [-0.2, 0) is 14.8 Å². The van der Waals surface area contributed by atoms with Crippen molar-refractivity contribution < 1.29 is 13.2 Å². The third-order valence-electron chi connectivity index (χ3n) is 4.42. The lowest BCUT2D eigenvalue weighted by Crippen LogP contribution is -2.50. The van der Waals surface area contributed by atoms with E-state index in [0.717, 1.165) is 10.0 Å². The standard InChI is InChI=1S/C19H20BrClN4O3S/c20-16-3-7-18(8-4-16)29(27,28)25-11-9-24(10-12-25)14-19(26)23-22-13-15-1-5-17(21)6-2-15/h1-8,13H,9-12,14H2,(H,23,26)/b22-13+. The summed E-state index contributed by atoms with van der Waals surface area (Å²) in [4.78, 5) is 14.2. The van der Waals surface area contributed by atoms with E-state index in [-0.39, 0.29) is 17.3 Å². The number of hydrazone groups is 1. The molecule has 0 unspecified atom stereocenters. The first-order chi connectivity index (χ1) is 13.8. The number of carbonyl (C=O) groups is 1. The van der Waals surface area contributed by atoms with Crippen LogP contribution in [-0.4, -0.2) is 62.5 Å². The van der Waals surface area contributed by atoms with Gasteiger partial charge in [0.15, 0.2) is 0 Å².